The van der Waals surface area contributed by atoms with Crippen LogP contribution in [0, 0.1) is 20.8 Å². The Kier molecular flexibility index (Phi) is 9.98. The average Bonchev–Trinajstić information content (AvgIpc) is 2.90. The van der Waals surface area contributed by atoms with Gasteiger partial charge in [-0.15, -0.1) is 0 Å². The predicted molar refractivity (Wildman–Crippen MR) is 158 cm³/mol. The molecule has 214 valence electrons. The SMILES string of the molecule is COc1cccc(CN(C(=O)CN(c2ccc(C)cc2C)S(=O)(=O)c2ccc(C)cc2)[C@H](C)C(=O)NC(C)C)c1. The van der Waals surface area contributed by atoms with E-state index in [9.17, 15) is 18.0 Å². The van der Waals surface area contributed by atoms with E-state index in [2.05, 4.69) is 5.32 Å². The van der Waals surface area contributed by atoms with Crippen molar-refractivity contribution < 1.29 is 22.7 Å². The molecule has 1 atom stereocenters. The van der Waals surface area contributed by atoms with Crippen molar-refractivity contribution in [3.63, 3.8) is 0 Å². The van der Waals surface area contributed by atoms with Crippen LogP contribution in [0.4, 0.5) is 5.69 Å². The van der Waals surface area contributed by atoms with Crippen molar-refractivity contribution in [3.05, 3.63) is 89.0 Å². The zero-order valence-corrected chi connectivity index (χ0v) is 25.1. The van der Waals surface area contributed by atoms with Crippen LogP contribution in [0.2, 0.25) is 0 Å². The minimum atomic E-state index is -4.12. The number of amides is 2. The Labute approximate surface area is 238 Å². The molecule has 8 nitrogen and oxygen atoms in total. The van der Waals surface area contributed by atoms with Crippen molar-refractivity contribution in [2.75, 3.05) is 18.0 Å². The zero-order valence-electron chi connectivity index (χ0n) is 24.3. The van der Waals surface area contributed by atoms with Crippen molar-refractivity contribution in [2.24, 2.45) is 0 Å². The lowest BCUT2D eigenvalue weighted by Crippen LogP contribution is -2.52. The molecule has 0 fully saturated rings. The van der Waals surface area contributed by atoms with Gasteiger partial charge in [-0.3, -0.25) is 13.9 Å². The Morgan fingerprint density at radius 2 is 1.55 bits per heavy atom. The topological polar surface area (TPSA) is 96.0 Å². The first kappa shape index (κ1) is 30.7. The number of nitrogens with one attached hydrogen (secondary N) is 1. The standard InChI is InChI=1S/C31H39N3O5S/c1-21(2)32-31(36)25(6)33(19-26-9-8-10-27(18-26)39-7)30(35)20-34(29-16-13-23(4)17-24(29)5)40(37,38)28-14-11-22(3)12-15-28/h8-18,21,25H,19-20H2,1-7H3,(H,32,36)/t25-/m1/s1. The quantitative estimate of drug-likeness (QED) is 0.362. The Morgan fingerprint density at radius 1 is 0.900 bits per heavy atom. The van der Waals surface area contributed by atoms with Crippen molar-refractivity contribution in [1.29, 1.82) is 0 Å². The molecule has 3 rings (SSSR count). The highest BCUT2D eigenvalue weighted by atomic mass is 32.2. The van der Waals surface area contributed by atoms with E-state index < -0.39 is 28.5 Å². The minimum absolute atomic E-state index is 0.0795. The second kappa shape index (κ2) is 13.0. The second-order valence-corrected chi connectivity index (χ2v) is 12.2. The van der Waals surface area contributed by atoms with E-state index in [1.165, 1.54) is 4.90 Å². The number of rotatable bonds is 11. The van der Waals surface area contributed by atoms with E-state index in [-0.39, 0.29) is 23.4 Å². The number of ether oxygens (including phenoxy) is 1. The Morgan fingerprint density at radius 3 is 2.15 bits per heavy atom. The lowest BCUT2D eigenvalue weighted by molar-refractivity contribution is -0.139. The lowest BCUT2D eigenvalue weighted by atomic mass is 10.1. The summed E-state index contributed by atoms with van der Waals surface area (Å²) in [6.07, 6.45) is 0. The van der Waals surface area contributed by atoms with Gasteiger partial charge >= 0.3 is 0 Å². The first-order chi connectivity index (χ1) is 18.8. The van der Waals surface area contributed by atoms with E-state index in [0.717, 1.165) is 21.0 Å². The van der Waals surface area contributed by atoms with E-state index in [4.69, 9.17) is 4.74 Å². The summed E-state index contributed by atoms with van der Waals surface area (Å²) in [6, 6.07) is 18.2. The van der Waals surface area contributed by atoms with E-state index in [1.807, 2.05) is 52.8 Å². The van der Waals surface area contributed by atoms with Crippen LogP contribution in [0.5, 0.6) is 5.75 Å². The third kappa shape index (κ3) is 7.41. The first-order valence-electron chi connectivity index (χ1n) is 13.2. The number of nitrogens with zero attached hydrogens (tertiary/aromatic N) is 2. The largest absolute Gasteiger partial charge is 0.497 e. The molecule has 2 amide bonds. The van der Waals surface area contributed by atoms with Crippen molar-refractivity contribution in [1.82, 2.24) is 10.2 Å². The number of carbonyl (C=O) groups excluding carboxylic acids is 2. The summed E-state index contributed by atoms with van der Waals surface area (Å²) >= 11 is 0. The third-order valence-electron chi connectivity index (χ3n) is 6.59. The molecular weight excluding hydrogens is 526 g/mol. The Bertz CT molecular complexity index is 1450. The summed E-state index contributed by atoms with van der Waals surface area (Å²) in [5.41, 5.74) is 3.76. The van der Waals surface area contributed by atoms with Crippen molar-refractivity contribution >= 4 is 27.5 Å². The number of aryl methyl sites for hydroxylation is 3. The molecule has 3 aromatic rings. The number of methoxy groups -OCH3 is 1. The van der Waals surface area contributed by atoms with Crippen LogP contribution in [0.1, 0.15) is 43.0 Å². The van der Waals surface area contributed by atoms with Gasteiger partial charge in [-0.2, -0.15) is 0 Å². The smallest absolute Gasteiger partial charge is 0.264 e. The summed E-state index contributed by atoms with van der Waals surface area (Å²) in [4.78, 5) is 28.6. The molecule has 0 aliphatic rings. The van der Waals surface area contributed by atoms with E-state index >= 15 is 0 Å². The van der Waals surface area contributed by atoms with Gasteiger partial charge in [0.1, 0.15) is 18.3 Å². The molecule has 0 saturated carbocycles. The first-order valence-corrected chi connectivity index (χ1v) is 14.7. The molecule has 0 heterocycles. The third-order valence-corrected chi connectivity index (χ3v) is 8.37. The fourth-order valence-electron chi connectivity index (χ4n) is 4.39. The Hall–Kier alpha value is -3.85. The number of sulfonamides is 1. The maximum Gasteiger partial charge on any atom is 0.264 e. The van der Waals surface area contributed by atoms with Crippen LogP contribution in [-0.4, -0.2) is 50.9 Å². The molecule has 40 heavy (non-hydrogen) atoms. The molecule has 0 saturated heterocycles. The van der Waals surface area contributed by atoms with Crippen LogP contribution in [0.3, 0.4) is 0 Å². The molecule has 0 radical (unpaired) electrons. The molecule has 0 bridgehead atoms. The summed E-state index contributed by atoms with van der Waals surface area (Å²) in [6.45, 7) is 10.6. The highest BCUT2D eigenvalue weighted by Gasteiger charge is 2.33. The van der Waals surface area contributed by atoms with Crippen LogP contribution in [-0.2, 0) is 26.2 Å². The van der Waals surface area contributed by atoms with Gasteiger partial charge in [0, 0.05) is 12.6 Å². The van der Waals surface area contributed by atoms with Crippen LogP contribution in [0.15, 0.2) is 71.6 Å². The lowest BCUT2D eigenvalue weighted by Gasteiger charge is -2.33. The number of benzene rings is 3. The van der Waals surface area contributed by atoms with Gasteiger partial charge in [0.25, 0.3) is 10.0 Å². The summed E-state index contributed by atoms with van der Waals surface area (Å²) in [7, 11) is -2.56. The highest BCUT2D eigenvalue weighted by molar-refractivity contribution is 7.92. The number of hydrogen-bond donors (Lipinski definition) is 1. The van der Waals surface area contributed by atoms with Gasteiger partial charge in [0.2, 0.25) is 11.8 Å². The predicted octanol–water partition coefficient (Wildman–Crippen LogP) is 4.76. The molecule has 0 unspecified atom stereocenters. The molecule has 0 aliphatic carbocycles. The van der Waals surface area contributed by atoms with Gasteiger partial charge in [-0.1, -0.05) is 47.5 Å². The molecular formula is C31H39N3O5S. The van der Waals surface area contributed by atoms with Gasteiger partial charge in [0.05, 0.1) is 17.7 Å². The Balaban J connectivity index is 2.07. The number of anilines is 1. The maximum atomic E-state index is 14.0. The van der Waals surface area contributed by atoms with Crippen LogP contribution in [0.25, 0.3) is 0 Å². The highest BCUT2D eigenvalue weighted by Crippen LogP contribution is 2.28. The molecule has 0 aromatic heterocycles. The number of carbonyl (C=O) groups is 2. The van der Waals surface area contributed by atoms with Gasteiger partial charge in [-0.25, -0.2) is 8.42 Å². The van der Waals surface area contributed by atoms with Crippen molar-refractivity contribution in [2.45, 2.75) is 65.1 Å². The molecule has 0 aliphatic heterocycles. The molecule has 3 aromatic carbocycles. The normalized spacial score (nSPS) is 12.1. The van der Waals surface area contributed by atoms with Crippen molar-refractivity contribution in [3.8, 4) is 5.75 Å². The minimum Gasteiger partial charge on any atom is -0.497 e. The second-order valence-electron chi connectivity index (χ2n) is 10.3. The van der Waals surface area contributed by atoms with Gasteiger partial charge in [0.15, 0.2) is 0 Å². The zero-order chi connectivity index (χ0) is 29.6. The summed E-state index contributed by atoms with van der Waals surface area (Å²) < 4.78 is 34.5. The van der Waals surface area contributed by atoms with Gasteiger partial charge < -0.3 is 15.0 Å². The molecule has 1 N–H and O–H groups in total. The molecule has 9 heteroatoms. The fourth-order valence-corrected chi connectivity index (χ4v) is 5.87. The van der Waals surface area contributed by atoms with E-state index in [0.29, 0.717) is 17.0 Å². The summed E-state index contributed by atoms with van der Waals surface area (Å²) in [5, 5.41) is 2.86. The fraction of sp³-hybridized carbons (Fsp3) is 0.355. The van der Waals surface area contributed by atoms with E-state index in [1.54, 1.807) is 62.6 Å². The summed E-state index contributed by atoms with van der Waals surface area (Å²) in [5.74, 6) is -0.223. The van der Waals surface area contributed by atoms with Crippen LogP contribution >= 0.6 is 0 Å². The maximum absolute atomic E-state index is 14.0. The monoisotopic (exact) mass is 565 g/mol. The average molecular weight is 566 g/mol. The number of hydrogen-bond acceptors (Lipinski definition) is 5. The van der Waals surface area contributed by atoms with Crippen LogP contribution < -0.4 is 14.4 Å². The van der Waals surface area contributed by atoms with Gasteiger partial charge in [-0.05, 0) is 83.0 Å². The molecule has 0 spiro atoms.